The molecule has 7 heteroatoms. The van der Waals surface area contributed by atoms with E-state index in [1.165, 1.54) is 0 Å². The number of carboxylic acids is 1. The Balaban J connectivity index is 0.000000628. The van der Waals surface area contributed by atoms with Crippen LogP contribution < -0.4 is 10.7 Å². The summed E-state index contributed by atoms with van der Waals surface area (Å²) in [6, 6.07) is 15.8. The summed E-state index contributed by atoms with van der Waals surface area (Å²) >= 11 is 6.02. The van der Waals surface area contributed by atoms with Crippen LogP contribution in [0.4, 0.5) is 0 Å². The average Bonchev–Trinajstić information content (AvgIpc) is 2.96. The van der Waals surface area contributed by atoms with Gasteiger partial charge in [0.05, 0.1) is 17.1 Å². The summed E-state index contributed by atoms with van der Waals surface area (Å²) in [6.07, 6.45) is 3.73. The van der Waals surface area contributed by atoms with Crippen molar-refractivity contribution in [2.45, 2.75) is 38.6 Å². The minimum atomic E-state index is -1.08. The van der Waals surface area contributed by atoms with Crippen LogP contribution in [-0.2, 0) is 11.2 Å². The minimum Gasteiger partial charge on any atom is -0.550 e. The molecule has 0 radical (unpaired) electrons. The Bertz CT molecular complexity index is 1090. The largest absolute Gasteiger partial charge is 0.550 e. The number of carboxylic acid groups (broad SMARTS) is 1. The Morgan fingerprint density at radius 2 is 1.74 bits per heavy atom. The van der Waals surface area contributed by atoms with Gasteiger partial charge in [-0.05, 0) is 70.1 Å². The number of hydrogen-bond donors (Lipinski definition) is 0. The molecule has 1 unspecified atom stereocenters. The summed E-state index contributed by atoms with van der Waals surface area (Å²) in [6.45, 7) is 3.05. The number of carbonyl (C=O) groups excluding carboxylic acids is 1. The third-order valence-electron chi connectivity index (χ3n) is 5.46. The molecule has 1 aliphatic heterocycles. The van der Waals surface area contributed by atoms with E-state index in [1.807, 2.05) is 48.5 Å². The second-order valence-electron chi connectivity index (χ2n) is 7.92. The molecule has 4 rings (SSSR count). The zero-order chi connectivity index (χ0) is 22.4. The van der Waals surface area contributed by atoms with E-state index >= 15 is 0 Å². The predicted molar refractivity (Wildman–Crippen MR) is 121 cm³/mol. The van der Waals surface area contributed by atoms with Crippen LogP contribution in [-0.4, -0.2) is 40.8 Å². The molecule has 0 saturated carbocycles. The molecule has 0 aliphatic carbocycles. The van der Waals surface area contributed by atoms with Crippen LogP contribution in [0.2, 0.25) is 5.02 Å². The fourth-order valence-electron chi connectivity index (χ4n) is 3.91. The number of fused-ring (bicyclic) bond motifs is 1. The molecule has 6 nitrogen and oxygen atoms in total. The van der Waals surface area contributed by atoms with Crippen molar-refractivity contribution in [3.8, 4) is 0 Å². The van der Waals surface area contributed by atoms with E-state index in [4.69, 9.17) is 26.6 Å². The molecule has 31 heavy (non-hydrogen) atoms. The van der Waals surface area contributed by atoms with Gasteiger partial charge in [0.1, 0.15) is 0 Å². The van der Waals surface area contributed by atoms with Crippen LogP contribution in [0.1, 0.15) is 43.5 Å². The number of benzene rings is 2. The van der Waals surface area contributed by atoms with Gasteiger partial charge in [0.2, 0.25) is 0 Å². The van der Waals surface area contributed by atoms with E-state index in [0.29, 0.717) is 6.42 Å². The Morgan fingerprint density at radius 1 is 1.10 bits per heavy atom. The van der Waals surface area contributed by atoms with E-state index in [0.717, 1.165) is 66.3 Å². The van der Waals surface area contributed by atoms with Crippen molar-refractivity contribution in [1.82, 2.24) is 14.7 Å². The Kier molecular flexibility index (Phi) is 7.82. The quantitative estimate of drug-likeness (QED) is 0.625. The Labute approximate surface area is 187 Å². The molecule has 164 valence electrons. The second kappa shape index (κ2) is 10.6. The number of rotatable bonds is 3. The van der Waals surface area contributed by atoms with E-state index in [9.17, 15) is 4.79 Å². The summed E-state index contributed by atoms with van der Waals surface area (Å²) in [7, 11) is 2.14. The van der Waals surface area contributed by atoms with Gasteiger partial charge in [-0.25, -0.2) is 4.68 Å². The monoisotopic (exact) mass is 440 g/mol. The third kappa shape index (κ3) is 6.15. The first-order chi connectivity index (χ1) is 14.8. The van der Waals surface area contributed by atoms with Gasteiger partial charge in [-0.2, -0.15) is 5.10 Å². The van der Waals surface area contributed by atoms with Crippen molar-refractivity contribution in [3.63, 3.8) is 0 Å². The predicted octanol–water partition coefficient (Wildman–Crippen LogP) is 3.05. The van der Waals surface area contributed by atoms with Crippen LogP contribution in [0.5, 0.6) is 0 Å². The van der Waals surface area contributed by atoms with Gasteiger partial charge in [-0.1, -0.05) is 41.9 Å². The number of carbonyl (C=O) groups is 1. The van der Waals surface area contributed by atoms with Gasteiger partial charge < -0.3 is 14.8 Å². The first-order valence-corrected chi connectivity index (χ1v) is 10.8. The highest BCUT2D eigenvalue weighted by Crippen LogP contribution is 2.23. The van der Waals surface area contributed by atoms with Crippen LogP contribution in [0.25, 0.3) is 10.8 Å². The van der Waals surface area contributed by atoms with Gasteiger partial charge in [-0.15, -0.1) is 0 Å². The Morgan fingerprint density at radius 3 is 2.42 bits per heavy atom. The molecular weight excluding hydrogens is 414 g/mol. The highest BCUT2D eigenvalue weighted by atomic mass is 35.5. The minimum absolute atomic E-state index is 0.0278. The molecule has 1 aliphatic rings. The van der Waals surface area contributed by atoms with Crippen LogP contribution in [0.15, 0.2) is 53.3 Å². The molecule has 1 fully saturated rings. The number of hydrogen-bond acceptors (Lipinski definition) is 5. The average molecular weight is 441 g/mol. The fraction of sp³-hybridized carbons (Fsp3) is 0.375. The van der Waals surface area contributed by atoms with Gasteiger partial charge in [-0.3, -0.25) is 4.79 Å². The van der Waals surface area contributed by atoms with Crippen LogP contribution in [0.3, 0.4) is 0 Å². The number of halogens is 1. The standard InChI is InChI=1S/C22H24ClN3O.C2H4O2/c1-25-13-4-5-18(12-14-25)26-22(27)20-7-3-2-6-19(20)21(24-26)15-16-8-10-17(23)11-9-16;1-2(3)4/h2-3,6-11,18H,4-5,12-15H2,1H3;1H3,(H,3,4)/p-1. The molecule has 1 saturated heterocycles. The van der Waals surface area contributed by atoms with Crippen molar-refractivity contribution in [2.75, 3.05) is 20.1 Å². The molecular formula is C24H27ClN3O3-. The summed E-state index contributed by atoms with van der Waals surface area (Å²) in [5.74, 6) is -1.08. The topological polar surface area (TPSA) is 78.3 Å². The number of likely N-dealkylation sites (tertiary alicyclic amines) is 1. The van der Waals surface area contributed by atoms with E-state index in [1.54, 1.807) is 4.68 Å². The van der Waals surface area contributed by atoms with Gasteiger partial charge in [0.15, 0.2) is 0 Å². The Hall–Kier alpha value is -2.70. The van der Waals surface area contributed by atoms with Gasteiger partial charge in [0, 0.05) is 22.8 Å². The lowest BCUT2D eigenvalue weighted by molar-refractivity contribution is -0.302. The third-order valence-corrected chi connectivity index (χ3v) is 5.71. The van der Waals surface area contributed by atoms with Gasteiger partial charge in [0.25, 0.3) is 5.56 Å². The van der Waals surface area contributed by atoms with E-state index in [-0.39, 0.29) is 11.6 Å². The van der Waals surface area contributed by atoms with Crippen LogP contribution in [0, 0.1) is 0 Å². The zero-order valence-electron chi connectivity index (χ0n) is 17.9. The molecule has 3 aromatic rings. The first kappa shape index (κ1) is 23.0. The number of aliphatic carboxylic acids is 1. The molecule has 0 amide bonds. The van der Waals surface area contributed by atoms with Crippen molar-refractivity contribution in [1.29, 1.82) is 0 Å². The van der Waals surface area contributed by atoms with Crippen LogP contribution >= 0.6 is 11.6 Å². The maximum absolute atomic E-state index is 13.1. The maximum atomic E-state index is 13.1. The maximum Gasteiger partial charge on any atom is 0.274 e. The molecule has 1 aromatic heterocycles. The lowest BCUT2D eigenvalue weighted by Gasteiger charge is -2.19. The zero-order valence-corrected chi connectivity index (χ0v) is 18.6. The normalized spacial score (nSPS) is 16.9. The SMILES string of the molecule is CC(=O)[O-].CN1CCCC(n2nc(Cc3ccc(Cl)cc3)c3ccccc3c2=O)CC1. The van der Waals surface area contributed by atoms with Crippen molar-refractivity contribution < 1.29 is 9.90 Å². The lowest BCUT2D eigenvalue weighted by atomic mass is 10.0. The fourth-order valence-corrected chi connectivity index (χ4v) is 4.04. The van der Waals surface area contributed by atoms with Crippen molar-refractivity contribution >= 4 is 28.3 Å². The van der Waals surface area contributed by atoms with Crippen molar-refractivity contribution in [3.05, 3.63) is 75.2 Å². The smallest absolute Gasteiger partial charge is 0.274 e. The molecule has 0 bridgehead atoms. The highest BCUT2D eigenvalue weighted by molar-refractivity contribution is 6.30. The molecule has 2 aromatic carbocycles. The summed E-state index contributed by atoms with van der Waals surface area (Å²) in [4.78, 5) is 24.4. The van der Waals surface area contributed by atoms with E-state index in [2.05, 4.69) is 11.9 Å². The number of nitrogens with zero attached hydrogens (tertiary/aromatic N) is 3. The molecule has 0 spiro atoms. The molecule has 0 N–H and O–H groups in total. The summed E-state index contributed by atoms with van der Waals surface area (Å²) in [5.41, 5.74) is 2.12. The summed E-state index contributed by atoms with van der Waals surface area (Å²) < 4.78 is 1.76. The second-order valence-corrected chi connectivity index (χ2v) is 8.36. The first-order valence-electron chi connectivity index (χ1n) is 10.5. The van der Waals surface area contributed by atoms with E-state index < -0.39 is 5.97 Å². The summed E-state index contributed by atoms with van der Waals surface area (Å²) in [5, 5.41) is 16.2. The number of aromatic nitrogens is 2. The van der Waals surface area contributed by atoms with Gasteiger partial charge >= 0.3 is 0 Å². The highest BCUT2D eigenvalue weighted by Gasteiger charge is 2.21. The molecule has 2 heterocycles. The lowest BCUT2D eigenvalue weighted by Crippen LogP contribution is -2.29. The van der Waals surface area contributed by atoms with Crippen molar-refractivity contribution in [2.24, 2.45) is 0 Å². The molecule has 1 atom stereocenters.